The van der Waals surface area contributed by atoms with Gasteiger partial charge in [0, 0.05) is 11.1 Å². The van der Waals surface area contributed by atoms with Crippen LogP contribution in [0.5, 0.6) is 0 Å². The number of hydrogen-bond donors (Lipinski definition) is 0. The number of unbranched alkanes of at least 4 members (excludes halogenated alkanes) is 5. The summed E-state index contributed by atoms with van der Waals surface area (Å²) in [6.07, 6.45) is 10.6. The topological polar surface area (TPSA) is 0 Å². The molecule has 0 atom stereocenters. The Balaban J connectivity index is 1.64. The molecule has 0 fully saturated rings. The molecule has 35 heavy (non-hydrogen) atoms. The summed E-state index contributed by atoms with van der Waals surface area (Å²) in [5.41, 5.74) is 4.18. The number of rotatable bonds is 9. The van der Waals surface area contributed by atoms with Crippen molar-refractivity contribution in [2.75, 3.05) is 0 Å². The van der Waals surface area contributed by atoms with Gasteiger partial charge in [-0.05, 0) is 73.2 Å². The van der Waals surface area contributed by atoms with Gasteiger partial charge in [-0.2, -0.15) is 0 Å². The number of aryl methyl sites for hydroxylation is 2. The minimum atomic E-state index is -0.568. The van der Waals surface area contributed by atoms with Crippen LogP contribution in [0, 0.1) is 35.3 Å². The second kappa shape index (κ2) is 14.1. The first-order valence-electron chi connectivity index (χ1n) is 12.8. The van der Waals surface area contributed by atoms with Crippen molar-refractivity contribution in [3.05, 3.63) is 106 Å². The summed E-state index contributed by atoms with van der Waals surface area (Å²) in [6, 6.07) is 18.2. The first-order chi connectivity index (χ1) is 17.1. The highest BCUT2D eigenvalue weighted by atomic mass is 19.1. The van der Waals surface area contributed by atoms with E-state index in [2.05, 4.69) is 49.7 Å². The van der Waals surface area contributed by atoms with Crippen molar-refractivity contribution in [3.63, 3.8) is 0 Å². The molecule has 0 saturated carbocycles. The summed E-state index contributed by atoms with van der Waals surface area (Å²) in [6.45, 7) is 4.39. The first-order valence-corrected chi connectivity index (χ1v) is 12.8. The van der Waals surface area contributed by atoms with Crippen LogP contribution < -0.4 is 0 Å². The van der Waals surface area contributed by atoms with Crippen molar-refractivity contribution >= 4 is 0 Å². The fraction of sp³-hybridized carbons (Fsp3) is 0.333. The van der Waals surface area contributed by atoms with E-state index in [0.717, 1.165) is 36.1 Å². The molecule has 0 aromatic heterocycles. The van der Waals surface area contributed by atoms with Crippen LogP contribution in [0.2, 0.25) is 0 Å². The van der Waals surface area contributed by atoms with Crippen molar-refractivity contribution in [2.24, 2.45) is 0 Å². The normalized spacial score (nSPS) is 10.3. The Morgan fingerprint density at radius 1 is 0.514 bits per heavy atom. The standard InChI is InChI=1S/C33H34F2/c1-3-5-7-9-11-27-14-18-29(19-15-27)21-23-31-25-32(34)30(24-33(31)35)22-20-28-16-12-26(13-17-28)10-8-6-4-2/h12-19,24-25H,3-11H2,1-2H3. The first kappa shape index (κ1) is 26.2. The smallest absolute Gasteiger partial charge is 0.140 e. The van der Waals surface area contributed by atoms with Gasteiger partial charge in [0.1, 0.15) is 11.6 Å². The molecule has 0 aliphatic heterocycles. The Labute approximate surface area is 209 Å². The molecule has 0 spiro atoms. The third-order valence-electron chi connectivity index (χ3n) is 6.04. The average Bonchev–Trinajstić information content (AvgIpc) is 2.87. The highest BCUT2D eigenvalue weighted by Gasteiger charge is 2.07. The van der Waals surface area contributed by atoms with Gasteiger partial charge in [-0.1, -0.05) is 93.9 Å². The molecule has 0 saturated heterocycles. The molecule has 0 aliphatic carbocycles. The van der Waals surface area contributed by atoms with E-state index in [9.17, 15) is 8.78 Å². The monoisotopic (exact) mass is 468 g/mol. The maximum absolute atomic E-state index is 14.6. The zero-order chi connectivity index (χ0) is 24.9. The van der Waals surface area contributed by atoms with Gasteiger partial charge in [-0.15, -0.1) is 0 Å². The molecule has 0 aliphatic rings. The number of benzene rings is 3. The zero-order valence-electron chi connectivity index (χ0n) is 20.9. The molecule has 2 heteroatoms. The van der Waals surface area contributed by atoms with Crippen LogP contribution >= 0.6 is 0 Å². The van der Waals surface area contributed by atoms with Crippen molar-refractivity contribution < 1.29 is 8.78 Å². The van der Waals surface area contributed by atoms with Crippen LogP contribution in [0.1, 0.15) is 92.2 Å². The van der Waals surface area contributed by atoms with Gasteiger partial charge in [0.25, 0.3) is 0 Å². The van der Waals surface area contributed by atoms with Crippen molar-refractivity contribution in [2.45, 2.75) is 71.6 Å². The SMILES string of the molecule is CCCCCCc1ccc(C#Cc2cc(F)c(C#Cc3ccc(CCCCC)cc3)cc2F)cc1. The summed E-state index contributed by atoms with van der Waals surface area (Å²) in [4.78, 5) is 0. The molecule has 0 N–H and O–H groups in total. The molecule has 0 radical (unpaired) electrons. The van der Waals surface area contributed by atoms with Gasteiger partial charge in [-0.25, -0.2) is 8.78 Å². The lowest BCUT2D eigenvalue weighted by atomic mass is 10.0. The van der Waals surface area contributed by atoms with E-state index in [-0.39, 0.29) is 11.1 Å². The van der Waals surface area contributed by atoms with Gasteiger partial charge < -0.3 is 0 Å². The predicted octanol–water partition coefficient (Wildman–Crippen LogP) is 8.62. The number of halogens is 2. The molecule has 0 heterocycles. The predicted molar refractivity (Wildman–Crippen MR) is 142 cm³/mol. The molecule has 3 aromatic rings. The molecular weight excluding hydrogens is 434 g/mol. The highest BCUT2D eigenvalue weighted by Crippen LogP contribution is 2.15. The van der Waals surface area contributed by atoms with Crippen molar-refractivity contribution in [3.8, 4) is 23.7 Å². The highest BCUT2D eigenvalue weighted by molar-refractivity contribution is 5.49. The largest absolute Gasteiger partial charge is 0.206 e. The Kier molecular flexibility index (Phi) is 10.6. The lowest BCUT2D eigenvalue weighted by Crippen LogP contribution is -1.92. The second-order valence-electron chi connectivity index (χ2n) is 8.97. The van der Waals surface area contributed by atoms with Gasteiger partial charge >= 0.3 is 0 Å². The van der Waals surface area contributed by atoms with Crippen molar-refractivity contribution in [1.29, 1.82) is 0 Å². The molecule has 0 unspecified atom stereocenters. The van der Waals surface area contributed by atoms with Gasteiger partial charge in [-0.3, -0.25) is 0 Å². The van der Waals surface area contributed by atoms with Gasteiger partial charge in [0.15, 0.2) is 0 Å². The van der Waals surface area contributed by atoms with Crippen LogP contribution in [0.25, 0.3) is 0 Å². The summed E-state index contributed by atoms with van der Waals surface area (Å²) in [5, 5.41) is 0. The van der Waals surface area contributed by atoms with Crippen LogP contribution in [-0.2, 0) is 12.8 Å². The van der Waals surface area contributed by atoms with Gasteiger partial charge in [0.05, 0.1) is 11.1 Å². The maximum Gasteiger partial charge on any atom is 0.140 e. The summed E-state index contributed by atoms with van der Waals surface area (Å²) in [5.74, 6) is 10.3. The zero-order valence-corrected chi connectivity index (χ0v) is 20.9. The fourth-order valence-corrected chi connectivity index (χ4v) is 3.86. The van der Waals surface area contributed by atoms with E-state index >= 15 is 0 Å². The molecular formula is C33H34F2. The molecule has 180 valence electrons. The maximum atomic E-state index is 14.6. The lowest BCUT2D eigenvalue weighted by molar-refractivity contribution is 0.594. The van der Waals surface area contributed by atoms with E-state index < -0.39 is 11.6 Å². The van der Waals surface area contributed by atoms with E-state index in [1.165, 1.54) is 56.1 Å². The van der Waals surface area contributed by atoms with E-state index in [1.807, 2.05) is 36.4 Å². The minimum Gasteiger partial charge on any atom is -0.206 e. The molecule has 0 nitrogen and oxygen atoms in total. The quantitative estimate of drug-likeness (QED) is 0.218. The van der Waals surface area contributed by atoms with Crippen LogP contribution in [0.15, 0.2) is 60.7 Å². The van der Waals surface area contributed by atoms with Crippen LogP contribution in [0.4, 0.5) is 8.78 Å². The van der Waals surface area contributed by atoms with Gasteiger partial charge in [0.2, 0.25) is 0 Å². The molecule has 0 bridgehead atoms. The van der Waals surface area contributed by atoms with Crippen LogP contribution in [-0.4, -0.2) is 0 Å². The third kappa shape index (κ3) is 8.73. The lowest BCUT2D eigenvalue weighted by Gasteiger charge is -2.01. The molecule has 3 aromatic carbocycles. The fourth-order valence-electron chi connectivity index (χ4n) is 3.86. The Bertz CT molecular complexity index is 1200. The Hall–Kier alpha value is -3.36. The minimum absolute atomic E-state index is 0.0347. The number of hydrogen-bond acceptors (Lipinski definition) is 0. The van der Waals surface area contributed by atoms with E-state index in [0.29, 0.717) is 0 Å². The van der Waals surface area contributed by atoms with E-state index in [4.69, 9.17) is 0 Å². The third-order valence-corrected chi connectivity index (χ3v) is 6.04. The Morgan fingerprint density at radius 2 is 0.914 bits per heavy atom. The summed E-state index contributed by atoms with van der Waals surface area (Å²) in [7, 11) is 0. The summed E-state index contributed by atoms with van der Waals surface area (Å²) >= 11 is 0. The average molecular weight is 469 g/mol. The van der Waals surface area contributed by atoms with Crippen molar-refractivity contribution in [1.82, 2.24) is 0 Å². The van der Waals surface area contributed by atoms with Crippen LogP contribution in [0.3, 0.4) is 0 Å². The summed E-state index contributed by atoms with van der Waals surface area (Å²) < 4.78 is 29.2. The second-order valence-corrected chi connectivity index (χ2v) is 8.97. The Morgan fingerprint density at radius 3 is 1.34 bits per heavy atom. The van der Waals surface area contributed by atoms with E-state index in [1.54, 1.807) is 0 Å². The molecule has 3 rings (SSSR count). The molecule has 0 amide bonds.